The van der Waals surface area contributed by atoms with Crippen molar-refractivity contribution in [2.75, 3.05) is 7.11 Å². The van der Waals surface area contributed by atoms with Crippen LogP contribution in [0.25, 0.3) is 0 Å². The number of hydrogen-bond donors (Lipinski definition) is 1. The maximum Gasteiger partial charge on any atom is 0.326 e. The van der Waals surface area contributed by atoms with Crippen LogP contribution in [0, 0.1) is 5.92 Å². The number of ketones is 1. The standard InChI is InChI=1S/C8H14O3S/c1-5(2)4-6(9)7(12)8(10)11-3/h5,7,12H,4H2,1-3H3. The molecule has 1 atom stereocenters. The van der Waals surface area contributed by atoms with Gasteiger partial charge in [-0.05, 0) is 5.92 Å². The van der Waals surface area contributed by atoms with Crippen LogP contribution in [0.1, 0.15) is 20.3 Å². The molecule has 0 spiro atoms. The summed E-state index contributed by atoms with van der Waals surface area (Å²) in [7, 11) is 1.24. The van der Waals surface area contributed by atoms with Crippen molar-refractivity contribution in [3.8, 4) is 0 Å². The van der Waals surface area contributed by atoms with E-state index in [1.165, 1.54) is 7.11 Å². The normalized spacial score (nSPS) is 12.8. The topological polar surface area (TPSA) is 43.4 Å². The lowest BCUT2D eigenvalue weighted by atomic mass is 10.1. The van der Waals surface area contributed by atoms with Crippen LogP contribution in [-0.2, 0) is 14.3 Å². The van der Waals surface area contributed by atoms with Gasteiger partial charge in [-0.25, -0.2) is 0 Å². The van der Waals surface area contributed by atoms with Crippen molar-refractivity contribution in [2.45, 2.75) is 25.5 Å². The van der Waals surface area contributed by atoms with Crippen LogP contribution in [-0.4, -0.2) is 24.1 Å². The summed E-state index contributed by atoms with van der Waals surface area (Å²) in [5.74, 6) is -0.513. The molecule has 0 bridgehead atoms. The molecule has 0 aliphatic carbocycles. The van der Waals surface area contributed by atoms with E-state index in [2.05, 4.69) is 17.4 Å². The minimum absolute atomic E-state index is 0.180. The number of ether oxygens (including phenoxy) is 1. The molecule has 12 heavy (non-hydrogen) atoms. The SMILES string of the molecule is COC(=O)C(S)C(=O)CC(C)C. The average molecular weight is 190 g/mol. The fraction of sp³-hybridized carbons (Fsp3) is 0.750. The molecule has 4 heteroatoms. The second kappa shape index (κ2) is 5.19. The van der Waals surface area contributed by atoms with E-state index in [9.17, 15) is 9.59 Å². The molecule has 0 fully saturated rings. The maximum atomic E-state index is 11.2. The minimum Gasteiger partial charge on any atom is -0.468 e. The summed E-state index contributed by atoms with van der Waals surface area (Å²) in [5, 5.41) is -0.919. The predicted molar refractivity (Wildman–Crippen MR) is 49.3 cm³/mol. The van der Waals surface area contributed by atoms with Crippen LogP contribution < -0.4 is 0 Å². The molecule has 0 aliphatic rings. The lowest BCUT2D eigenvalue weighted by Gasteiger charge is -2.08. The summed E-state index contributed by atoms with van der Waals surface area (Å²) in [4.78, 5) is 22.0. The monoisotopic (exact) mass is 190 g/mol. The molecular formula is C8H14O3S. The number of carbonyl (C=O) groups excluding carboxylic acids is 2. The Morgan fingerprint density at radius 2 is 1.92 bits per heavy atom. The van der Waals surface area contributed by atoms with Crippen LogP contribution >= 0.6 is 12.6 Å². The van der Waals surface area contributed by atoms with E-state index in [4.69, 9.17) is 0 Å². The number of thiol groups is 1. The first-order chi connectivity index (χ1) is 5.49. The van der Waals surface area contributed by atoms with Gasteiger partial charge in [-0.2, -0.15) is 12.6 Å². The summed E-state index contributed by atoms with van der Waals surface area (Å²) in [6.45, 7) is 3.82. The van der Waals surface area contributed by atoms with Crippen molar-refractivity contribution in [3.05, 3.63) is 0 Å². The Hall–Kier alpha value is -0.510. The second-order valence-corrected chi connectivity index (χ2v) is 3.51. The number of esters is 1. The molecule has 0 aromatic rings. The molecule has 0 aromatic heterocycles. The predicted octanol–water partition coefficient (Wildman–Crippen LogP) is 1.07. The molecule has 0 radical (unpaired) electrons. The van der Waals surface area contributed by atoms with Crippen molar-refractivity contribution in [2.24, 2.45) is 5.92 Å². The van der Waals surface area contributed by atoms with Crippen LogP contribution in [0.5, 0.6) is 0 Å². The molecule has 1 unspecified atom stereocenters. The second-order valence-electron chi connectivity index (χ2n) is 2.99. The zero-order valence-electron chi connectivity index (χ0n) is 7.53. The van der Waals surface area contributed by atoms with Crippen molar-refractivity contribution < 1.29 is 14.3 Å². The highest BCUT2D eigenvalue weighted by atomic mass is 32.1. The Kier molecular flexibility index (Phi) is 4.97. The molecule has 0 amide bonds. The lowest BCUT2D eigenvalue weighted by Crippen LogP contribution is -2.26. The van der Waals surface area contributed by atoms with Crippen molar-refractivity contribution in [3.63, 3.8) is 0 Å². The van der Waals surface area contributed by atoms with Gasteiger partial charge in [0.25, 0.3) is 0 Å². The number of carbonyl (C=O) groups is 2. The van der Waals surface area contributed by atoms with Gasteiger partial charge in [0, 0.05) is 6.42 Å². The molecule has 0 aromatic carbocycles. The molecule has 0 heterocycles. The van der Waals surface area contributed by atoms with Gasteiger partial charge in [-0.3, -0.25) is 9.59 Å². The van der Waals surface area contributed by atoms with Gasteiger partial charge in [-0.1, -0.05) is 13.8 Å². The van der Waals surface area contributed by atoms with Gasteiger partial charge >= 0.3 is 5.97 Å². The van der Waals surface area contributed by atoms with Crippen LogP contribution in [0.4, 0.5) is 0 Å². The molecule has 0 aliphatic heterocycles. The van der Waals surface area contributed by atoms with Gasteiger partial charge in [0.05, 0.1) is 7.11 Å². The van der Waals surface area contributed by atoms with Crippen molar-refractivity contribution in [1.82, 2.24) is 0 Å². The molecule has 0 N–H and O–H groups in total. The quantitative estimate of drug-likeness (QED) is 0.410. The highest BCUT2D eigenvalue weighted by Gasteiger charge is 2.23. The van der Waals surface area contributed by atoms with Crippen molar-refractivity contribution >= 4 is 24.4 Å². The largest absolute Gasteiger partial charge is 0.468 e. The van der Waals surface area contributed by atoms with Gasteiger partial charge in [-0.15, -0.1) is 0 Å². The molecule has 0 saturated carbocycles. The molecule has 70 valence electrons. The third-order valence-electron chi connectivity index (χ3n) is 1.34. The van der Waals surface area contributed by atoms with E-state index in [1.54, 1.807) is 0 Å². The first-order valence-corrected chi connectivity index (χ1v) is 4.29. The van der Waals surface area contributed by atoms with Crippen LogP contribution in [0.15, 0.2) is 0 Å². The third kappa shape index (κ3) is 3.76. The Morgan fingerprint density at radius 3 is 2.25 bits per heavy atom. The van der Waals surface area contributed by atoms with Gasteiger partial charge in [0.2, 0.25) is 0 Å². The maximum absolute atomic E-state index is 11.2. The van der Waals surface area contributed by atoms with Crippen LogP contribution in [0.3, 0.4) is 0 Å². The van der Waals surface area contributed by atoms with E-state index in [0.29, 0.717) is 6.42 Å². The lowest BCUT2D eigenvalue weighted by molar-refractivity contribution is -0.142. The highest BCUT2D eigenvalue weighted by Crippen LogP contribution is 2.08. The molecular weight excluding hydrogens is 176 g/mol. The summed E-state index contributed by atoms with van der Waals surface area (Å²) < 4.78 is 4.38. The fourth-order valence-corrected chi connectivity index (χ4v) is 0.968. The highest BCUT2D eigenvalue weighted by molar-refractivity contribution is 7.82. The van der Waals surface area contributed by atoms with E-state index < -0.39 is 11.2 Å². The van der Waals surface area contributed by atoms with E-state index >= 15 is 0 Å². The van der Waals surface area contributed by atoms with E-state index in [0.717, 1.165) is 0 Å². The van der Waals surface area contributed by atoms with Gasteiger partial charge in [0.1, 0.15) is 0 Å². The van der Waals surface area contributed by atoms with E-state index in [-0.39, 0.29) is 11.7 Å². The van der Waals surface area contributed by atoms with Gasteiger partial charge in [0.15, 0.2) is 11.0 Å². The Morgan fingerprint density at radius 1 is 1.42 bits per heavy atom. The summed E-state index contributed by atoms with van der Waals surface area (Å²) in [6.07, 6.45) is 0.364. The first-order valence-electron chi connectivity index (χ1n) is 3.77. The number of Topliss-reactive ketones (excluding diaryl/α,β-unsaturated/α-hetero) is 1. The Balaban J connectivity index is 4.01. The minimum atomic E-state index is -0.919. The molecule has 3 nitrogen and oxygen atoms in total. The van der Waals surface area contributed by atoms with Gasteiger partial charge < -0.3 is 4.74 Å². The summed E-state index contributed by atoms with van der Waals surface area (Å²) in [6, 6.07) is 0. The Labute approximate surface area is 77.9 Å². The zero-order valence-corrected chi connectivity index (χ0v) is 8.43. The Bertz CT molecular complexity index is 177. The average Bonchev–Trinajstić information content (AvgIpc) is 2.00. The summed E-state index contributed by atoms with van der Waals surface area (Å²) >= 11 is 3.85. The van der Waals surface area contributed by atoms with Crippen molar-refractivity contribution in [1.29, 1.82) is 0 Å². The zero-order chi connectivity index (χ0) is 9.72. The van der Waals surface area contributed by atoms with E-state index in [1.807, 2.05) is 13.8 Å². The van der Waals surface area contributed by atoms with Crippen LogP contribution in [0.2, 0.25) is 0 Å². The molecule has 0 saturated heterocycles. The number of rotatable bonds is 4. The number of methoxy groups -OCH3 is 1. The smallest absolute Gasteiger partial charge is 0.326 e. The number of hydrogen-bond acceptors (Lipinski definition) is 4. The fourth-order valence-electron chi connectivity index (χ4n) is 0.757. The summed E-state index contributed by atoms with van der Waals surface area (Å²) in [5.41, 5.74) is 0. The molecule has 0 rings (SSSR count). The third-order valence-corrected chi connectivity index (χ3v) is 1.84. The first kappa shape index (κ1) is 11.5.